The van der Waals surface area contributed by atoms with Gasteiger partial charge in [-0.05, 0) is 55.5 Å². The van der Waals surface area contributed by atoms with Gasteiger partial charge in [-0.1, -0.05) is 53.0 Å². The smallest absolute Gasteiger partial charge is 0.231 e. The molecule has 0 aliphatic carbocycles. The zero-order chi connectivity index (χ0) is 24.5. The summed E-state index contributed by atoms with van der Waals surface area (Å²) in [6, 6.07) is 20.1. The molecule has 0 atom stereocenters. The van der Waals surface area contributed by atoms with Crippen LogP contribution < -0.4 is 4.72 Å². The highest BCUT2D eigenvalue weighted by atomic mass is 35.5. The highest BCUT2D eigenvalue weighted by Gasteiger charge is 2.21. The topological polar surface area (TPSA) is 87.8 Å². The predicted molar refractivity (Wildman–Crippen MR) is 134 cm³/mol. The molecule has 0 radical (unpaired) electrons. The fourth-order valence-corrected chi connectivity index (χ4v) is 5.11. The maximum atomic E-state index is 12.8. The van der Waals surface area contributed by atoms with Crippen molar-refractivity contribution in [3.8, 4) is 23.0 Å². The number of hydrogen-bond acceptors (Lipinski definition) is 4. The maximum Gasteiger partial charge on any atom is 0.240 e. The Labute approximate surface area is 212 Å². The largest absolute Gasteiger partial charge is 0.240 e. The molecular weight excluding hydrogens is 515 g/mol. The Morgan fingerprint density at radius 1 is 1.00 bits per heavy atom. The number of benzene rings is 3. The van der Waals surface area contributed by atoms with Crippen LogP contribution in [0.5, 0.6) is 0 Å². The molecule has 0 saturated heterocycles. The minimum Gasteiger partial charge on any atom is -0.231 e. The molecule has 0 saturated carbocycles. The van der Waals surface area contributed by atoms with Gasteiger partial charge in [0.2, 0.25) is 10.0 Å². The summed E-state index contributed by atoms with van der Waals surface area (Å²) in [5, 5.41) is 15.2. The van der Waals surface area contributed by atoms with Gasteiger partial charge in [-0.3, -0.25) is 0 Å². The molecule has 0 aliphatic heterocycles. The van der Waals surface area contributed by atoms with Crippen LogP contribution in [-0.2, 0) is 16.6 Å². The molecule has 34 heavy (non-hydrogen) atoms. The first-order valence-corrected chi connectivity index (χ1v) is 12.6. The molecule has 6 nitrogen and oxygen atoms in total. The van der Waals surface area contributed by atoms with E-state index in [0.717, 1.165) is 16.8 Å². The second kappa shape index (κ2) is 9.79. The van der Waals surface area contributed by atoms with E-state index < -0.39 is 10.0 Å². The van der Waals surface area contributed by atoms with Gasteiger partial charge in [0, 0.05) is 21.2 Å². The number of hydrogen-bond donors (Lipinski definition) is 1. The summed E-state index contributed by atoms with van der Waals surface area (Å²) in [6.07, 6.45) is 0. The third kappa shape index (κ3) is 4.97. The predicted octanol–water partition coefficient (Wildman–Crippen LogP) is 6.16. The van der Waals surface area contributed by atoms with E-state index in [4.69, 9.17) is 40.1 Å². The first kappa shape index (κ1) is 24.3. The number of nitrogens with one attached hydrogen (secondary N) is 1. The first-order valence-electron chi connectivity index (χ1n) is 9.99. The van der Waals surface area contributed by atoms with Crippen molar-refractivity contribution in [2.24, 2.45) is 0 Å². The number of nitrogens with zero attached hydrogens (tertiary/aromatic N) is 3. The van der Waals surface area contributed by atoms with Gasteiger partial charge >= 0.3 is 0 Å². The van der Waals surface area contributed by atoms with Crippen molar-refractivity contribution in [3.05, 3.63) is 98.6 Å². The van der Waals surface area contributed by atoms with Crippen LogP contribution in [0.25, 0.3) is 16.9 Å². The van der Waals surface area contributed by atoms with Crippen LogP contribution in [0.3, 0.4) is 0 Å². The molecule has 4 aromatic rings. The van der Waals surface area contributed by atoms with Crippen LogP contribution in [0, 0.1) is 18.3 Å². The molecule has 4 rings (SSSR count). The van der Waals surface area contributed by atoms with Gasteiger partial charge in [0.15, 0.2) is 0 Å². The quantitative estimate of drug-likeness (QED) is 0.323. The van der Waals surface area contributed by atoms with Gasteiger partial charge in [-0.25, -0.2) is 17.8 Å². The van der Waals surface area contributed by atoms with Gasteiger partial charge in [0.1, 0.15) is 0 Å². The zero-order valence-electron chi connectivity index (χ0n) is 17.8. The van der Waals surface area contributed by atoms with Gasteiger partial charge in [-0.2, -0.15) is 10.4 Å². The number of halogens is 3. The van der Waals surface area contributed by atoms with Gasteiger partial charge in [0.25, 0.3) is 0 Å². The molecule has 0 amide bonds. The Hall–Kier alpha value is -2.86. The van der Waals surface area contributed by atoms with Crippen LogP contribution in [0.2, 0.25) is 15.1 Å². The van der Waals surface area contributed by atoms with Crippen molar-refractivity contribution in [1.82, 2.24) is 14.5 Å². The standard InChI is InChI=1S/C24H17Cl3N4O2S/c1-15-22(14-29-34(32,33)20-4-2-3-16(11-20)13-28)30-31(23-10-9-19(26)12-21(23)27)24(15)17-5-7-18(25)8-6-17/h2-12,29H,14H2,1H3. The summed E-state index contributed by atoms with van der Waals surface area (Å²) in [5.74, 6) is 0. The lowest BCUT2D eigenvalue weighted by Gasteiger charge is -2.11. The highest BCUT2D eigenvalue weighted by Crippen LogP contribution is 2.33. The van der Waals surface area contributed by atoms with E-state index in [0.29, 0.717) is 26.4 Å². The number of aromatic nitrogens is 2. The molecule has 172 valence electrons. The highest BCUT2D eigenvalue weighted by molar-refractivity contribution is 7.89. The molecule has 0 aliphatic rings. The summed E-state index contributed by atoms with van der Waals surface area (Å²) in [7, 11) is -3.87. The van der Waals surface area contributed by atoms with E-state index >= 15 is 0 Å². The Bertz CT molecular complexity index is 1530. The van der Waals surface area contributed by atoms with Crippen molar-refractivity contribution in [2.45, 2.75) is 18.4 Å². The second-order valence-electron chi connectivity index (χ2n) is 7.40. The van der Waals surface area contributed by atoms with Crippen molar-refractivity contribution in [1.29, 1.82) is 5.26 Å². The summed E-state index contributed by atoms with van der Waals surface area (Å²) >= 11 is 18.6. The summed E-state index contributed by atoms with van der Waals surface area (Å²) in [5.41, 5.74) is 3.69. The summed E-state index contributed by atoms with van der Waals surface area (Å²) < 4.78 is 29.9. The molecule has 3 aromatic carbocycles. The van der Waals surface area contributed by atoms with Crippen LogP contribution in [-0.4, -0.2) is 18.2 Å². The average molecular weight is 532 g/mol. The molecule has 1 N–H and O–H groups in total. The number of nitriles is 1. The minimum atomic E-state index is -3.87. The normalized spacial score (nSPS) is 11.4. The number of sulfonamides is 1. The summed E-state index contributed by atoms with van der Waals surface area (Å²) in [4.78, 5) is 0.00214. The van der Waals surface area contributed by atoms with E-state index in [2.05, 4.69) is 9.82 Å². The summed E-state index contributed by atoms with van der Waals surface area (Å²) in [6.45, 7) is 1.79. The van der Waals surface area contributed by atoms with E-state index in [9.17, 15) is 8.42 Å². The molecule has 1 heterocycles. The molecule has 0 bridgehead atoms. The Morgan fingerprint density at radius 2 is 1.71 bits per heavy atom. The van der Waals surface area contributed by atoms with E-state index in [1.54, 1.807) is 41.1 Å². The van der Waals surface area contributed by atoms with Gasteiger partial charge < -0.3 is 0 Å². The Balaban J connectivity index is 1.76. The van der Waals surface area contributed by atoms with E-state index in [1.165, 1.54) is 18.2 Å². The molecule has 10 heteroatoms. The van der Waals surface area contributed by atoms with Crippen molar-refractivity contribution >= 4 is 44.8 Å². The van der Waals surface area contributed by atoms with E-state index in [-0.39, 0.29) is 17.0 Å². The lowest BCUT2D eigenvalue weighted by molar-refractivity contribution is 0.580. The van der Waals surface area contributed by atoms with Gasteiger partial charge in [-0.15, -0.1) is 0 Å². The van der Waals surface area contributed by atoms with Crippen LogP contribution in [0.15, 0.2) is 71.6 Å². The second-order valence-corrected chi connectivity index (χ2v) is 10.4. The van der Waals surface area contributed by atoms with Crippen molar-refractivity contribution in [2.75, 3.05) is 0 Å². The lowest BCUT2D eigenvalue weighted by Crippen LogP contribution is -2.24. The third-order valence-electron chi connectivity index (χ3n) is 5.18. The van der Waals surface area contributed by atoms with Crippen LogP contribution in [0.1, 0.15) is 16.8 Å². The SMILES string of the molecule is Cc1c(CNS(=O)(=O)c2cccc(C#N)c2)nn(-c2ccc(Cl)cc2Cl)c1-c1ccc(Cl)cc1. The van der Waals surface area contributed by atoms with Crippen molar-refractivity contribution < 1.29 is 8.42 Å². The fourth-order valence-electron chi connectivity index (χ4n) is 3.46. The fraction of sp³-hybridized carbons (Fsp3) is 0.0833. The molecule has 0 unspecified atom stereocenters. The average Bonchev–Trinajstić information content (AvgIpc) is 3.14. The zero-order valence-corrected chi connectivity index (χ0v) is 20.8. The lowest BCUT2D eigenvalue weighted by atomic mass is 10.1. The van der Waals surface area contributed by atoms with Gasteiger partial charge in [0.05, 0.1) is 45.2 Å². The first-order chi connectivity index (χ1) is 16.2. The third-order valence-corrected chi connectivity index (χ3v) is 7.37. The molecule has 0 fully saturated rings. The van der Waals surface area contributed by atoms with E-state index in [1.807, 2.05) is 25.1 Å². The van der Waals surface area contributed by atoms with Crippen LogP contribution >= 0.6 is 34.8 Å². The number of rotatable bonds is 6. The van der Waals surface area contributed by atoms with Crippen LogP contribution in [0.4, 0.5) is 0 Å². The monoisotopic (exact) mass is 530 g/mol. The molecule has 0 spiro atoms. The molecule has 1 aromatic heterocycles. The molecular formula is C24H17Cl3N4O2S. The Kier molecular flexibility index (Phi) is 6.99. The maximum absolute atomic E-state index is 12.8. The van der Waals surface area contributed by atoms with Crippen molar-refractivity contribution in [3.63, 3.8) is 0 Å². The Morgan fingerprint density at radius 3 is 2.38 bits per heavy atom. The minimum absolute atomic E-state index is 0.00214.